The Balaban J connectivity index is 2.79. The summed E-state index contributed by atoms with van der Waals surface area (Å²) in [5.74, 6) is 2.81. The largest absolute Gasteiger partial charge is 0.497 e. The molecule has 1 unspecified atom stereocenters. The minimum atomic E-state index is -0.750. The van der Waals surface area contributed by atoms with E-state index in [1.807, 2.05) is 0 Å². The van der Waals surface area contributed by atoms with Gasteiger partial charge < -0.3 is 14.8 Å². The highest BCUT2D eigenvalue weighted by molar-refractivity contribution is 5.83. The van der Waals surface area contributed by atoms with Gasteiger partial charge in [-0.1, -0.05) is 5.92 Å². The number of ether oxygens (including phenoxy) is 2. The van der Waals surface area contributed by atoms with Crippen molar-refractivity contribution in [3.05, 3.63) is 23.8 Å². The number of carbonyl (C=O) groups is 2. The van der Waals surface area contributed by atoms with Crippen molar-refractivity contribution in [3.63, 3.8) is 0 Å². The van der Waals surface area contributed by atoms with E-state index in [-0.39, 0.29) is 12.5 Å². The van der Waals surface area contributed by atoms with Gasteiger partial charge in [-0.25, -0.2) is 0 Å². The summed E-state index contributed by atoms with van der Waals surface area (Å²) in [6, 6.07) is 4.76. The molecule has 5 nitrogen and oxygen atoms in total. The molecule has 0 heterocycles. The van der Waals surface area contributed by atoms with Gasteiger partial charge in [-0.2, -0.15) is 0 Å². The zero-order valence-electron chi connectivity index (χ0n) is 10.8. The molecular weight excluding hydrogens is 246 g/mol. The predicted octanol–water partition coefficient (Wildman–Crippen LogP) is 1.02. The fourth-order valence-corrected chi connectivity index (χ4v) is 1.38. The molecule has 19 heavy (non-hydrogen) atoms. The van der Waals surface area contributed by atoms with Crippen molar-refractivity contribution in [1.29, 1.82) is 0 Å². The highest BCUT2D eigenvalue weighted by atomic mass is 16.5. The van der Waals surface area contributed by atoms with E-state index in [0.717, 1.165) is 0 Å². The second kappa shape index (κ2) is 7.07. The predicted molar refractivity (Wildman–Crippen MR) is 70.3 cm³/mol. The Labute approximate surface area is 111 Å². The smallest absolute Gasteiger partial charge is 0.261 e. The fraction of sp³-hybridized carbons (Fsp3) is 0.286. The highest BCUT2D eigenvalue weighted by Gasteiger charge is 2.15. The molecule has 1 rings (SSSR count). The van der Waals surface area contributed by atoms with Gasteiger partial charge >= 0.3 is 0 Å². The van der Waals surface area contributed by atoms with Gasteiger partial charge in [0.2, 0.25) is 0 Å². The number of aldehydes is 1. The number of terminal acetylenes is 1. The molecule has 1 N–H and O–H groups in total. The number of amides is 1. The summed E-state index contributed by atoms with van der Waals surface area (Å²) in [4.78, 5) is 22.5. The lowest BCUT2D eigenvalue weighted by atomic mass is 10.2. The van der Waals surface area contributed by atoms with E-state index in [1.165, 1.54) is 13.2 Å². The number of carbonyl (C=O) groups excluding carboxylic acids is 2. The number of methoxy groups -OCH3 is 1. The van der Waals surface area contributed by atoms with E-state index in [1.54, 1.807) is 19.1 Å². The number of hydrogen-bond acceptors (Lipinski definition) is 4. The van der Waals surface area contributed by atoms with Crippen molar-refractivity contribution in [2.24, 2.45) is 0 Å². The van der Waals surface area contributed by atoms with Crippen molar-refractivity contribution in [2.45, 2.75) is 13.0 Å². The summed E-state index contributed by atoms with van der Waals surface area (Å²) in [6.45, 7) is 1.71. The Kier molecular flexibility index (Phi) is 5.42. The molecule has 1 atom stereocenters. The maximum Gasteiger partial charge on any atom is 0.261 e. The van der Waals surface area contributed by atoms with Crippen LogP contribution in [0.5, 0.6) is 11.5 Å². The molecule has 1 aromatic rings. The second-order valence-electron chi connectivity index (χ2n) is 3.70. The molecule has 5 heteroatoms. The number of hydrogen-bond donors (Lipinski definition) is 1. The van der Waals surface area contributed by atoms with Gasteiger partial charge in [-0.15, -0.1) is 6.42 Å². The van der Waals surface area contributed by atoms with Crippen LogP contribution in [0.4, 0.5) is 0 Å². The van der Waals surface area contributed by atoms with Crippen LogP contribution in [0, 0.1) is 12.3 Å². The molecule has 100 valence electrons. The summed E-state index contributed by atoms with van der Waals surface area (Å²) in [5, 5.41) is 2.50. The lowest BCUT2D eigenvalue weighted by molar-refractivity contribution is -0.127. The maximum absolute atomic E-state index is 11.6. The van der Waals surface area contributed by atoms with E-state index in [9.17, 15) is 9.59 Å². The molecule has 1 aromatic carbocycles. The van der Waals surface area contributed by atoms with Gasteiger partial charge in [-0.05, 0) is 25.1 Å². The minimum Gasteiger partial charge on any atom is -0.497 e. The van der Waals surface area contributed by atoms with Crippen LogP contribution in [-0.4, -0.2) is 32.0 Å². The topological polar surface area (TPSA) is 64.6 Å². The van der Waals surface area contributed by atoms with Crippen molar-refractivity contribution in [2.75, 3.05) is 13.7 Å². The van der Waals surface area contributed by atoms with Crippen LogP contribution < -0.4 is 14.8 Å². The van der Waals surface area contributed by atoms with Crippen molar-refractivity contribution in [3.8, 4) is 23.8 Å². The average molecular weight is 261 g/mol. The standard InChI is InChI=1S/C14H15NO4/c1-4-7-15-14(17)10(2)19-13-6-5-12(18-3)8-11(13)9-16/h1,5-6,8-10H,7H2,2-3H3,(H,15,17). The number of benzene rings is 1. The first-order chi connectivity index (χ1) is 9.12. The quantitative estimate of drug-likeness (QED) is 0.613. The molecule has 0 saturated carbocycles. The molecule has 0 aliphatic rings. The molecule has 0 bridgehead atoms. The summed E-state index contributed by atoms with van der Waals surface area (Å²) in [6.07, 6.45) is 4.93. The third-order valence-corrected chi connectivity index (χ3v) is 2.38. The second-order valence-corrected chi connectivity index (χ2v) is 3.70. The van der Waals surface area contributed by atoms with Crippen molar-refractivity contribution < 1.29 is 19.1 Å². The highest BCUT2D eigenvalue weighted by Crippen LogP contribution is 2.23. The van der Waals surface area contributed by atoms with Crippen LogP contribution >= 0.6 is 0 Å². The van der Waals surface area contributed by atoms with E-state index in [0.29, 0.717) is 23.3 Å². The van der Waals surface area contributed by atoms with E-state index in [4.69, 9.17) is 15.9 Å². The van der Waals surface area contributed by atoms with E-state index < -0.39 is 6.10 Å². The molecule has 0 spiro atoms. The summed E-state index contributed by atoms with van der Waals surface area (Å²) in [5.41, 5.74) is 0.316. The Bertz CT molecular complexity index is 505. The van der Waals surface area contributed by atoms with Crippen LogP contribution in [0.1, 0.15) is 17.3 Å². The van der Waals surface area contributed by atoms with Gasteiger partial charge in [0.15, 0.2) is 12.4 Å². The SMILES string of the molecule is C#CCNC(=O)C(C)Oc1ccc(OC)cc1C=O. The Morgan fingerprint density at radius 1 is 1.58 bits per heavy atom. The van der Waals surface area contributed by atoms with Crippen molar-refractivity contribution >= 4 is 12.2 Å². The maximum atomic E-state index is 11.6. The molecule has 0 saturated heterocycles. The van der Waals surface area contributed by atoms with Gasteiger partial charge in [0, 0.05) is 0 Å². The van der Waals surface area contributed by atoms with Crippen molar-refractivity contribution in [1.82, 2.24) is 5.32 Å². The summed E-state index contributed by atoms with van der Waals surface area (Å²) in [7, 11) is 1.50. The normalized spacial score (nSPS) is 11.0. The van der Waals surface area contributed by atoms with Gasteiger partial charge in [-0.3, -0.25) is 9.59 Å². The van der Waals surface area contributed by atoms with Gasteiger partial charge in [0.05, 0.1) is 19.2 Å². The van der Waals surface area contributed by atoms with Gasteiger partial charge in [0.1, 0.15) is 11.5 Å². The van der Waals surface area contributed by atoms with Crippen LogP contribution in [0.3, 0.4) is 0 Å². The van der Waals surface area contributed by atoms with E-state index >= 15 is 0 Å². The van der Waals surface area contributed by atoms with Gasteiger partial charge in [0.25, 0.3) is 5.91 Å². The molecule has 0 aromatic heterocycles. The third kappa shape index (κ3) is 4.03. The Morgan fingerprint density at radius 2 is 2.32 bits per heavy atom. The Hall–Kier alpha value is -2.48. The molecule has 0 radical (unpaired) electrons. The van der Waals surface area contributed by atoms with Crippen LogP contribution in [0.15, 0.2) is 18.2 Å². The third-order valence-electron chi connectivity index (χ3n) is 2.38. The minimum absolute atomic E-state index is 0.135. The summed E-state index contributed by atoms with van der Waals surface area (Å²) >= 11 is 0. The fourth-order valence-electron chi connectivity index (χ4n) is 1.38. The zero-order valence-corrected chi connectivity index (χ0v) is 10.8. The lowest BCUT2D eigenvalue weighted by Gasteiger charge is -2.15. The lowest BCUT2D eigenvalue weighted by Crippen LogP contribution is -2.36. The first kappa shape index (κ1) is 14.6. The average Bonchev–Trinajstić information content (AvgIpc) is 2.44. The zero-order chi connectivity index (χ0) is 14.3. The van der Waals surface area contributed by atoms with Crippen LogP contribution in [0.25, 0.3) is 0 Å². The van der Waals surface area contributed by atoms with Crippen LogP contribution in [0.2, 0.25) is 0 Å². The first-order valence-corrected chi connectivity index (χ1v) is 5.63. The molecule has 0 aliphatic heterocycles. The Morgan fingerprint density at radius 3 is 2.89 bits per heavy atom. The molecular formula is C14H15NO4. The monoisotopic (exact) mass is 261 g/mol. The summed E-state index contributed by atoms with van der Waals surface area (Å²) < 4.78 is 10.4. The molecule has 0 aliphatic carbocycles. The molecule has 0 fully saturated rings. The first-order valence-electron chi connectivity index (χ1n) is 5.63. The van der Waals surface area contributed by atoms with Crippen LogP contribution in [-0.2, 0) is 4.79 Å². The molecule has 1 amide bonds. The number of rotatable bonds is 6. The number of nitrogens with one attached hydrogen (secondary N) is 1. The van der Waals surface area contributed by atoms with E-state index in [2.05, 4.69) is 11.2 Å².